The minimum Gasteiger partial charge on any atom is -0.497 e. The molecule has 31 heavy (non-hydrogen) atoms. The Morgan fingerprint density at radius 2 is 1.71 bits per heavy atom. The van der Waals surface area contributed by atoms with Crippen molar-refractivity contribution in [1.82, 2.24) is 4.90 Å². The average Bonchev–Trinajstić information content (AvgIpc) is 2.79. The molecule has 2 bridgehead atoms. The van der Waals surface area contributed by atoms with Gasteiger partial charge in [0.2, 0.25) is 0 Å². The van der Waals surface area contributed by atoms with E-state index in [-0.39, 0.29) is 11.9 Å². The van der Waals surface area contributed by atoms with Crippen LogP contribution in [0.4, 0.5) is 5.69 Å². The number of ether oxygens (including phenoxy) is 2. The number of hydrogen-bond acceptors (Lipinski definition) is 4. The van der Waals surface area contributed by atoms with Gasteiger partial charge in [0.1, 0.15) is 11.5 Å². The zero-order valence-electron chi connectivity index (χ0n) is 17.3. The first-order valence-corrected chi connectivity index (χ1v) is 10.6. The number of thiocarbonyl (C=S) groups is 1. The van der Waals surface area contributed by atoms with Crippen LogP contribution in [0.3, 0.4) is 0 Å². The van der Waals surface area contributed by atoms with Crippen LogP contribution in [-0.4, -0.2) is 28.8 Å². The summed E-state index contributed by atoms with van der Waals surface area (Å²) in [7, 11) is 1.61. The van der Waals surface area contributed by atoms with Crippen molar-refractivity contribution in [3.63, 3.8) is 0 Å². The highest BCUT2D eigenvalue weighted by Crippen LogP contribution is 2.49. The third-order valence-corrected chi connectivity index (χ3v) is 6.31. The van der Waals surface area contributed by atoms with Gasteiger partial charge in [-0.2, -0.15) is 0 Å². The van der Waals surface area contributed by atoms with Crippen LogP contribution >= 0.6 is 12.2 Å². The summed E-state index contributed by atoms with van der Waals surface area (Å²) in [5, 5.41) is 0.431. The van der Waals surface area contributed by atoms with E-state index in [1.165, 1.54) is 0 Å². The lowest BCUT2D eigenvalue weighted by Gasteiger charge is -2.55. The van der Waals surface area contributed by atoms with Crippen LogP contribution in [0.2, 0.25) is 0 Å². The topological polar surface area (TPSA) is 42.0 Å². The molecule has 6 heteroatoms. The Kier molecular flexibility index (Phi) is 4.67. The second-order valence-electron chi connectivity index (χ2n) is 7.89. The van der Waals surface area contributed by atoms with Crippen molar-refractivity contribution in [3.05, 3.63) is 90.0 Å². The molecule has 2 aliphatic heterocycles. The second kappa shape index (κ2) is 7.39. The minimum absolute atomic E-state index is 0.141. The zero-order chi connectivity index (χ0) is 21.6. The number of benzene rings is 3. The van der Waals surface area contributed by atoms with Crippen LogP contribution in [0.5, 0.6) is 11.5 Å². The lowest BCUT2D eigenvalue weighted by Crippen LogP contribution is -2.67. The van der Waals surface area contributed by atoms with Gasteiger partial charge in [0, 0.05) is 23.2 Å². The van der Waals surface area contributed by atoms with Gasteiger partial charge in [0.25, 0.3) is 5.91 Å². The molecular weight excluding hydrogens is 408 g/mol. The van der Waals surface area contributed by atoms with E-state index in [1.54, 1.807) is 36.3 Å². The highest BCUT2D eigenvalue weighted by molar-refractivity contribution is 7.80. The summed E-state index contributed by atoms with van der Waals surface area (Å²) in [5.41, 5.74) is 1.72. The van der Waals surface area contributed by atoms with Crippen LogP contribution in [0.1, 0.15) is 35.3 Å². The van der Waals surface area contributed by atoms with Crippen molar-refractivity contribution in [3.8, 4) is 11.5 Å². The molecule has 0 aliphatic carbocycles. The SMILES string of the molecule is COc1ccc(C(=O)N2C(=S)N(c3ccccc3)C3(C)CC2c2ccccc2O3)cc1. The van der Waals surface area contributed by atoms with Crippen LogP contribution in [0.15, 0.2) is 78.9 Å². The monoisotopic (exact) mass is 430 g/mol. The smallest absolute Gasteiger partial charge is 0.260 e. The van der Waals surface area contributed by atoms with Crippen molar-refractivity contribution in [2.24, 2.45) is 0 Å². The average molecular weight is 431 g/mol. The molecule has 2 heterocycles. The standard InChI is InChI=1S/C25H22N2O3S/c1-25-16-21(20-10-6-7-11-22(20)30-25)26(23(28)17-12-14-19(29-2)15-13-17)24(31)27(25)18-8-4-3-5-9-18/h3-15,21H,16H2,1-2H3. The van der Waals surface area contributed by atoms with E-state index in [9.17, 15) is 4.79 Å². The maximum Gasteiger partial charge on any atom is 0.260 e. The normalized spacial score (nSPS) is 21.9. The number of anilines is 1. The number of fused-ring (bicyclic) bond motifs is 4. The number of rotatable bonds is 3. The molecule has 2 aliphatic rings. The molecule has 2 atom stereocenters. The fourth-order valence-corrected chi connectivity index (χ4v) is 4.98. The number of para-hydroxylation sites is 2. The lowest BCUT2D eigenvalue weighted by molar-refractivity contribution is 0.0184. The van der Waals surface area contributed by atoms with Crippen LogP contribution in [0, 0.1) is 0 Å². The lowest BCUT2D eigenvalue weighted by atomic mass is 9.88. The number of methoxy groups -OCH3 is 1. The Balaban J connectivity index is 1.64. The summed E-state index contributed by atoms with van der Waals surface area (Å²) in [5.74, 6) is 1.34. The largest absolute Gasteiger partial charge is 0.497 e. The highest BCUT2D eigenvalue weighted by Gasteiger charge is 2.53. The van der Waals surface area contributed by atoms with E-state index in [0.717, 1.165) is 17.0 Å². The fourth-order valence-electron chi connectivity index (χ4n) is 4.47. The van der Waals surface area contributed by atoms with E-state index in [1.807, 2.05) is 66.4 Å². The quantitative estimate of drug-likeness (QED) is 0.536. The third kappa shape index (κ3) is 3.15. The molecule has 0 radical (unpaired) electrons. The second-order valence-corrected chi connectivity index (χ2v) is 8.26. The molecule has 1 saturated heterocycles. The molecule has 0 aromatic heterocycles. The van der Waals surface area contributed by atoms with Crippen molar-refractivity contribution in [2.45, 2.75) is 25.1 Å². The summed E-state index contributed by atoms with van der Waals surface area (Å²) in [6, 6.07) is 24.6. The van der Waals surface area contributed by atoms with Crippen LogP contribution in [-0.2, 0) is 0 Å². The maximum atomic E-state index is 13.7. The Labute approximate surface area is 186 Å². The van der Waals surface area contributed by atoms with Crippen molar-refractivity contribution >= 4 is 28.9 Å². The molecular formula is C25H22N2O3S. The van der Waals surface area contributed by atoms with Crippen LogP contribution in [0.25, 0.3) is 0 Å². The third-order valence-electron chi connectivity index (χ3n) is 5.93. The molecule has 0 N–H and O–H groups in total. The number of nitrogens with zero attached hydrogens (tertiary/aromatic N) is 2. The van der Waals surface area contributed by atoms with Crippen molar-refractivity contribution in [2.75, 3.05) is 12.0 Å². The first kappa shape index (κ1) is 19.6. The van der Waals surface area contributed by atoms with Gasteiger partial charge in [-0.05, 0) is 61.6 Å². The van der Waals surface area contributed by atoms with E-state index < -0.39 is 5.72 Å². The highest BCUT2D eigenvalue weighted by atomic mass is 32.1. The summed E-state index contributed by atoms with van der Waals surface area (Å²) in [6.45, 7) is 2.03. The molecule has 0 saturated carbocycles. The molecule has 1 amide bonds. The Morgan fingerprint density at radius 3 is 2.42 bits per heavy atom. The van der Waals surface area contributed by atoms with Gasteiger partial charge in [-0.3, -0.25) is 14.6 Å². The van der Waals surface area contributed by atoms with Gasteiger partial charge in [-0.15, -0.1) is 0 Å². The molecule has 3 aromatic carbocycles. The summed E-state index contributed by atoms with van der Waals surface area (Å²) < 4.78 is 11.7. The predicted molar refractivity (Wildman–Crippen MR) is 124 cm³/mol. The Bertz CT molecular complexity index is 1150. The Hall–Kier alpha value is -3.38. The first-order chi connectivity index (χ1) is 15.0. The van der Waals surface area contributed by atoms with E-state index in [0.29, 0.717) is 22.8 Å². The maximum absolute atomic E-state index is 13.7. The number of carbonyl (C=O) groups excluding carboxylic acids is 1. The summed E-state index contributed by atoms with van der Waals surface area (Å²) in [4.78, 5) is 17.4. The van der Waals surface area contributed by atoms with Crippen LogP contribution < -0.4 is 14.4 Å². The molecule has 0 spiro atoms. The van der Waals surface area contributed by atoms with E-state index in [2.05, 4.69) is 0 Å². The molecule has 1 fully saturated rings. The first-order valence-electron chi connectivity index (χ1n) is 10.2. The van der Waals surface area contributed by atoms with Crippen molar-refractivity contribution < 1.29 is 14.3 Å². The molecule has 5 rings (SSSR count). The molecule has 2 unspecified atom stereocenters. The zero-order valence-corrected chi connectivity index (χ0v) is 18.1. The van der Waals surface area contributed by atoms with Gasteiger partial charge >= 0.3 is 0 Å². The van der Waals surface area contributed by atoms with Gasteiger partial charge in [0.15, 0.2) is 10.8 Å². The summed E-state index contributed by atoms with van der Waals surface area (Å²) >= 11 is 5.94. The minimum atomic E-state index is -0.700. The summed E-state index contributed by atoms with van der Waals surface area (Å²) in [6.07, 6.45) is 0.598. The van der Waals surface area contributed by atoms with E-state index in [4.69, 9.17) is 21.7 Å². The number of hydrogen-bond donors (Lipinski definition) is 0. The molecule has 156 valence electrons. The predicted octanol–water partition coefficient (Wildman–Crippen LogP) is 5.18. The van der Waals surface area contributed by atoms with E-state index >= 15 is 0 Å². The molecule has 5 nitrogen and oxygen atoms in total. The van der Waals surface area contributed by atoms with Gasteiger partial charge < -0.3 is 9.47 Å². The van der Waals surface area contributed by atoms with Gasteiger partial charge in [0.05, 0.1) is 13.2 Å². The molecule has 3 aromatic rings. The Morgan fingerprint density at radius 1 is 1.03 bits per heavy atom. The fraction of sp³-hybridized carbons (Fsp3) is 0.200. The number of amides is 1. The van der Waals surface area contributed by atoms with Gasteiger partial charge in [-0.1, -0.05) is 36.4 Å². The van der Waals surface area contributed by atoms with Gasteiger partial charge in [-0.25, -0.2) is 0 Å². The van der Waals surface area contributed by atoms with Crippen molar-refractivity contribution in [1.29, 1.82) is 0 Å². The number of carbonyl (C=O) groups is 1.